The van der Waals surface area contributed by atoms with Crippen molar-refractivity contribution in [3.05, 3.63) is 180 Å². The first-order valence-corrected chi connectivity index (χ1v) is 16.4. The van der Waals surface area contributed by atoms with E-state index < -0.39 is 0 Å². The Hall–Kier alpha value is -4.24. The number of nitrogens with one attached hydrogen (secondary N) is 2. The molecule has 4 aromatic carbocycles. The number of hydrogen-bond acceptors (Lipinski definition) is 2. The zero-order valence-corrected chi connectivity index (χ0v) is 28.5. The average molecular weight is 601 g/mol. The topological polar surface area (TPSA) is 24.1 Å². The first kappa shape index (κ1) is 38.8. The Bertz CT molecular complexity index is 1270. The fourth-order valence-electron chi connectivity index (χ4n) is 4.53. The summed E-state index contributed by atoms with van der Waals surface area (Å²) in [5.74, 6) is 0. The van der Waals surface area contributed by atoms with Crippen molar-refractivity contribution in [3.63, 3.8) is 0 Å². The molecule has 45 heavy (non-hydrogen) atoms. The first-order valence-electron chi connectivity index (χ1n) is 16.4. The van der Waals surface area contributed by atoms with Gasteiger partial charge in [0.2, 0.25) is 0 Å². The molecule has 0 aliphatic carbocycles. The fraction of sp³-hybridized carbons (Fsp3) is 0.256. The predicted molar refractivity (Wildman–Crippen MR) is 201 cm³/mol. The smallest absolute Gasteiger partial charge is 0.0212 e. The summed E-state index contributed by atoms with van der Waals surface area (Å²) in [7, 11) is 0. The molecule has 4 aromatic rings. The third-order valence-corrected chi connectivity index (χ3v) is 6.67. The van der Waals surface area contributed by atoms with Gasteiger partial charge in [0.05, 0.1) is 0 Å². The van der Waals surface area contributed by atoms with Crippen molar-refractivity contribution in [1.29, 1.82) is 0 Å². The van der Waals surface area contributed by atoms with Gasteiger partial charge < -0.3 is 10.6 Å². The summed E-state index contributed by atoms with van der Waals surface area (Å²) in [6.45, 7) is 16.2. The van der Waals surface area contributed by atoms with Crippen molar-refractivity contribution in [2.24, 2.45) is 0 Å². The molecule has 0 spiro atoms. The van der Waals surface area contributed by atoms with Gasteiger partial charge in [-0.05, 0) is 60.6 Å². The van der Waals surface area contributed by atoms with Gasteiger partial charge in [0.15, 0.2) is 0 Å². The predicted octanol–water partition coefficient (Wildman–Crippen LogP) is 11.2. The number of rotatable bonds is 12. The molecule has 4 rings (SSSR count). The Morgan fingerprint density at radius 2 is 1.11 bits per heavy atom. The van der Waals surface area contributed by atoms with Gasteiger partial charge in [-0.1, -0.05) is 179 Å². The van der Waals surface area contributed by atoms with Crippen LogP contribution in [0, 0.1) is 0 Å². The van der Waals surface area contributed by atoms with Gasteiger partial charge in [0.25, 0.3) is 0 Å². The Balaban J connectivity index is 0.000000589. The maximum atomic E-state index is 3.61. The molecule has 2 heteroatoms. The van der Waals surface area contributed by atoms with Crippen LogP contribution in [0.15, 0.2) is 174 Å². The maximum absolute atomic E-state index is 3.61. The Labute approximate surface area is 275 Å². The van der Waals surface area contributed by atoms with Crippen LogP contribution in [0.3, 0.4) is 0 Å². The van der Waals surface area contributed by atoms with Crippen molar-refractivity contribution in [2.75, 3.05) is 19.6 Å². The lowest BCUT2D eigenvalue weighted by Gasteiger charge is -2.14. The minimum absolute atomic E-state index is 0.871. The van der Waals surface area contributed by atoms with Crippen LogP contribution in [0.5, 0.6) is 0 Å². The van der Waals surface area contributed by atoms with Crippen LogP contribution in [0.1, 0.15) is 53.5 Å². The van der Waals surface area contributed by atoms with Crippen molar-refractivity contribution < 1.29 is 0 Å². The van der Waals surface area contributed by atoms with E-state index in [4.69, 9.17) is 0 Å². The average Bonchev–Trinajstić information content (AvgIpc) is 3.12. The van der Waals surface area contributed by atoms with Crippen molar-refractivity contribution in [2.45, 2.75) is 54.5 Å². The largest absolute Gasteiger partial charge is 0.311 e. The summed E-state index contributed by atoms with van der Waals surface area (Å²) in [6, 6.07) is 43.2. The van der Waals surface area contributed by atoms with Gasteiger partial charge in [-0.3, -0.25) is 0 Å². The lowest BCUT2D eigenvalue weighted by molar-refractivity contribution is 0.631. The Kier molecular flexibility index (Phi) is 23.5. The molecule has 0 saturated carbocycles. The van der Waals surface area contributed by atoms with Crippen LogP contribution in [0.25, 0.3) is 11.1 Å². The van der Waals surface area contributed by atoms with Crippen LogP contribution < -0.4 is 10.6 Å². The summed E-state index contributed by atoms with van der Waals surface area (Å²) in [5.41, 5.74) is 8.05. The van der Waals surface area contributed by atoms with E-state index >= 15 is 0 Å². The molecule has 0 aromatic heterocycles. The molecule has 0 heterocycles. The standard InChI is InChI=1S/C29H38N2.2C6H6.C2H6/c1-5-8-15-24(4)28(7-3)26(14-6-2)22-30-20-21-31-23-27-18-12-13-19-29(27)25-16-10-9-11-17-25;2*1-2-4-6-5-3-1;1-2/h5-6,8-19,30-31H,7,20-23H2,1-4H3;2*1-6H;1-2H3/b8-5-,14-6-,24-15+,28-26-;;;. The molecule has 0 atom stereocenters. The second-order valence-corrected chi connectivity index (χ2v) is 9.92. The zero-order chi connectivity index (χ0) is 32.8. The normalized spacial score (nSPS) is 11.4. The van der Waals surface area contributed by atoms with Gasteiger partial charge in [-0.2, -0.15) is 0 Å². The van der Waals surface area contributed by atoms with E-state index in [1.807, 2.05) is 86.6 Å². The highest BCUT2D eigenvalue weighted by atomic mass is 14.9. The molecule has 0 aliphatic heterocycles. The lowest BCUT2D eigenvalue weighted by Crippen LogP contribution is -2.28. The van der Waals surface area contributed by atoms with E-state index in [0.717, 1.165) is 32.6 Å². The van der Waals surface area contributed by atoms with Gasteiger partial charge in [0.1, 0.15) is 0 Å². The first-order chi connectivity index (χ1) is 22.2. The third kappa shape index (κ3) is 17.6. The molecule has 0 bridgehead atoms. The SMILES string of the molecule is CC.C\C=C/C=C(C)/C(CC)=C(/C=C\C)CNCCNCc1ccccc1-c1ccccc1.c1ccccc1.c1ccccc1. The minimum Gasteiger partial charge on any atom is -0.311 e. The van der Waals surface area contributed by atoms with Crippen LogP contribution in [-0.4, -0.2) is 19.6 Å². The fourth-order valence-corrected chi connectivity index (χ4v) is 4.53. The highest BCUT2D eigenvalue weighted by Gasteiger charge is 2.06. The van der Waals surface area contributed by atoms with E-state index in [1.165, 1.54) is 33.4 Å². The Morgan fingerprint density at radius 3 is 1.62 bits per heavy atom. The minimum atomic E-state index is 0.871. The van der Waals surface area contributed by atoms with E-state index in [0.29, 0.717) is 0 Å². The van der Waals surface area contributed by atoms with E-state index in [-0.39, 0.29) is 0 Å². The van der Waals surface area contributed by atoms with Gasteiger partial charge in [0, 0.05) is 26.2 Å². The van der Waals surface area contributed by atoms with Gasteiger partial charge >= 0.3 is 0 Å². The van der Waals surface area contributed by atoms with Crippen LogP contribution in [0.4, 0.5) is 0 Å². The van der Waals surface area contributed by atoms with E-state index in [1.54, 1.807) is 0 Å². The van der Waals surface area contributed by atoms with Gasteiger partial charge in [-0.15, -0.1) is 0 Å². The zero-order valence-electron chi connectivity index (χ0n) is 28.5. The molecule has 238 valence electrons. The molecular formula is C43H56N2. The molecule has 2 N–H and O–H groups in total. The van der Waals surface area contributed by atoms with E-state index in [9.17, 15) is 0 Å². The van der Waals surface area contributed by atoms with Crippen LogP contribution >= 0.6 is 0 Å². The monoisotopic (exact) mass is 600 g/mol. The summed E-state index contributed by atoms with van der Waals surface area (Å²) >= 11 is 0. The number of hydrogen-bond donors (Lipinski definition) is 2. The highest BCUT2D eigenvalue weighted by molar-refractivity contribution is 5.67. The number of benzene rings is 4. The molecule has 0 saturated heterocycles. The molecule has 0 amide bonds. The summed E-state index contributed by atoms with van der Waals surface area (Å²) in [5, 5.41) is 7.21. The summed E-state index contributed by atoms with van der Waals surface area (Å²) in [4.78, 5) is 0. The molecule has 0 unspecified atom stereocenters. The lowest BCUT2D eigenvalue weighted by atomic mass is 9.97. The van der Waals surface area contributed by atoms with Crippen molar-refractivity contribution in [3.8, 4) is 11.1 Å². The van der Waals surface area contributed by atoms with Crippen LogP contribution in [-0.2, 0) is 6.54 Å². The maximum Gasteiger partial charge on any atom is 0.0212 e. The second-order valence-electron chi connectivity index (χ2n) is 9.92. The Morgan fingerprint density at radius 1 is 0.622 bits per heavy atom. The third-order valence-electron chi connectivity index (χ3n) is 6.67. The van der Waals surface area contributed by atoms with Crippen molar-refractivity contribution in [1.82, 2.24) is 10.6 Å². The van der Waals surface area contributed by atoms with Crippen molar-refractivity contribution >= 4 is 0 Å². The molecule has 0 aliphatic rings. The molecular weight excluding hydrogens is 544 g/mol. The highest BCUT2D eigenvalue weighted by Crippen LogP contribution is 2.23. The van der Waals surface area contributed by atoms with Gasteiger partial charge in [-0.25, -0.2) is 0 Å². The van der Waals surface area contributed by atoms with E-state index in [2.05, 4.69) is 123 Å². The quantitative estimate of drug-likeness (QED) is 0.125. The summed E-state index contributed by atoms with van der Waals surface area (Å²) < 4.78 is 0. The van der Waals surface area contributed by atoms with Crippen LogP contribution in [0.2, 0.25) is 0 Å². The number of allylic oxidation sites excluding steroid dienone is 6. The molecule has 0 radical (unpaired) electrons. The molecule has 2 nitrogen and oxygen atoms in total. The summed E-state index contributed by atoms with van der Waals surface area (Å²) in [6.07, 6.45) is 11.8. The second kappa shape index (κ2) is 27.3. The molecule has 0 fully saturated rings.